The predicted octanol–water partition coefficient (Wildman–Crippen LogP) is 4.58. The van der Waals surface area contributed by atoms with Gasteiger partial charge < -0.3 is 20.6 Å². The SMILES string of the molecule is O=C(Nc1ccc(C(=O)C2=c3ccc4c(c3CCC2)C(O)(CO)C=c2c(O)cccc2=4)c(Cl)c1)c1ccccc1Cl. The highest BCUT2D eigenvalue weighted by molar-refractivity contribution is 6.38. The molecule has 0 radical (unpaired) electrons. The lowest BCUT2D eigenvalue weighted by atomic mass is 9.78. The third kappa shape index (κ3) is 4.63. The molecule has 0 heterocycles. The Hall–Kier alpha value is -3.94. The van der Waals surface area contributed by atoms with Crippen LogP contribution in [0.2, 0.25) is 10.0 Å². The standard InChI is InChI=1S/C33H25Cl2NO5/c34-27-9-2-1-5-25(27)32(40)36-18-11-12-24(28(35)15-18)31(39)23-8-3-7-21-20(23)13-14-22-19-6-4-10-29(38)26(19)16-33(41,17-37)30(21)22/h1-2,4-6,9-16,37-38,41H,3,7-8,17H2,(H,36,40). The zero-order chi connectivity index (χ0) is 28.9. The second-order valence-corrected chi connectivity index (χ2v) is 11.1. The number of anilines is 1. The third-order valence-corrected chi connectivity index (χ3v) is 8.43. The second kappa shape index (κ2) is 10.5. The van der Waals surface area contributed by atoms with E-state index in [-0.39, 0.29) is 16.6 Å². The van der Waals surface area contributed by atoms with Gasteiger partial charge in [-0.1, -0.05) is 59.6 Å². The van der Waals surface area contributed by atoms with Gasteiger partial charge in [0.05, 0.1) is 22.2 Å². The Bertz CT molecular complexity index is 1990. The van der Waals surface area contributed by atoms with Crippen LogP contribution < -0.4 is 15.8 Å². The van der Waals surface area contributed by atoms with Gasteiger partial charge in [0.25, 0.3) is 5.91 Å². The summed E-state index contributed by atoms with van der Waals surface area (Å²) in [4.78, 5) is 26.5. The number of carbonyl (C=O) groups excluding carboxylic acids is 2. The highest BCUT2D eigenvalue weighted by atomic mass is 35.5. The number of phenolic OH excluding ortho intramolecular Hbond substituents is 1. The summed E-state index contributed by atoms with van der Waals surface area (Å²) in [5.74, 6) is -0.624. The molecule has 4 aromatic rings. The number of hydrogen-bond acceptors (Lipinski definition) is 5. The number of halogens is 2. The molecule has 4 aromatic carbocycles. The first kappa shape index (κ1) is 27.2. The minimum absolute atomic E-state index is 0.0151. The molecule has 2 aliphatic carbocycles. The number of phenols is 1. The van der Waals surface area contributed by atoms with E-state index in [9.17, 15) is 24.9 Å². The van der Waals surface area contributed by atoms with Gasteiger partial charge in [-0.3, -0.25) is 9.59 Å². The number of hydrogen-bond donors (Lipinski definition) is 4. The topological polar surface area (TPSA) is 107 Å². The summed E-state index contributed by atoms with van der Waals surface area (Å²) in [7, 11) is 0. The van der Waals surface area contributed by atoms with Crippen molar-refractivity contribution in [2.45, 2.75) is 24.9 Å². The largest absolute Gasteiger partial charge is 0.507 e. The Morgan fingerprint density at radius 2 is 1.63 bits per heavy atom. The Labute approximate surface area is 245 Å². The molecular weight excluding hydrogens is 561 g/mol. The smallest absolute Gasteiger partial charge is 0.257 e. The monoisotopic (exact) mass is 585 g/mol. The molecule has 8 heteroatoms. The molecule has 0 aromatic heterocycles. The van der Waals surface area contributed by atoms with Gasteiger partial charge in [-0.15, -0.1) is 0 Å². The fourth-order valence-corrected chi connectivity index (χ4v) is 6.37. The molecule has 206 valence electrons. The summed E-state index contributed by atoms with van der Waals surface area (Å²) in [6.07, 6.45) is 3.29. The molecule has 4 N–H and O–H groups in total. The molecular formula is C33H25Cl2NO5. The highest BCUT2D eigenvalue weighted by Crippen LogP contribution is 2.33. The number of nitrogens with one attached hydrogen (secondary N) is 1. The summed E-state index contributed by atoms with van der Waals surface area (Å²) in [6.45, 7) is -0.583. The Kier molecular flexibility index (Phi) is 6.96. The molecule has 1 amide bonds. The van der Waals surface area contributed by atoms with E-state index in [1.165, 1.54) is 12.1 Å². The molecule has 0 aliphatic heterocycles. The fraction of sp³-hybridized carbons (Fsp3) is 0.152. The number of fused-ring (bicyclic) bond motifs is 4. The van der Waals surface area contributed by atoms with Crippen molar-refractivity contribution in [3.63, 3.8) is 0 Å². The minimum atomic E-state index is -1.73. The van der Waals surface area contributed by atoms with E-state index in [0.717, 1.165) is 10.8 Å². The molecule has 0 saturated carbocycles. The lowest BCUT2D eigenvalue weighted by molar-refractivity contribution is 0.0359. The van der Waals surface area contributed by atoms with Crippen LogP contribution in [0.15, 0.2) is 72.8 Å². The van der Waals surface area contributed by atoms with Crippen LogP contribution in [0.25, 0.3) is 11.6 Å². The molecule has 6 rings (SSSR count). The minimum Gasteiger partial charge on any atom is -0.507 e. The number of aliphatic hydroxyl groups is 2. The van der Waals surface area contributed by atoms with Gasteiger partial charge in [0, 0.05) is 27.6 Å². The maximum absolute atomic E-state index is 13.8. The zero-order valence-electron chi connectivity index (χ0n) is 21.7. The molecule has 0 spiro atoms. The molecule has 6 nitrogen and oxygen atoms in total. The Morgan fingerprint density at radius 1 is 0.854 bits per heavy atom. The summed E-state index contributed by atoms with van der Waals surface area (Å²) < 4.78 is 0. The first-order valence-electron chi connectivity index (χ1n) is 13.2. The first-order chi connectivity index (χ1) is 19.7. The van der Waals surface area contributed by atoms with Crippen molar-refractivity contribution in [2.75, 3.05) is 11.9 Å². The lowest BCUT2D eigenvalue weighted by Gasteiger charge is -2.30. The summed E-state index contributed by atoms with van der Waals surface area (Å²) >= 11 is 12.7. The number of aliphatic hydroxyl groups excluding tert-OH is 1. The van der Waals surface area contributed by atoms with Crippen LogP contribution >= 0.6 is 23.2 Å². The van der Waals surface area contributed by atoms with Gasteiger partial charge in [-0.2, -0.15) is 0 Å². The number of benzene rings is 4. The average Bonchev–Trinajstić information content (AvgIpc) is 2.97. The predicted molar refractivity (Wildman–Crippen MR) is 158 cm³/mol. The summed E-state index contributed by atoms with van der Waals surface area (Å²) in [6, 6.07) is 20.3. The van der Waals surface area contributed by atoms with Gasteiger partial charge in [0.1, 0.15) is 11.4 Å². The molecule has 0 saturated heterocycles. The van der Waals surface area contributed by atoms with Gasteiger partial charge in [-0.05, 0) is 83.0 Å². The fourth-order valence-electron chi connectivity index (χ4n) is 5.88. The third-order valence-electron chi connectivity index (χ3n) is 7.79. The first-order valence-corrected chi connectivity index (χ1v) is 13.9. The summed E-state index contributed by atoms with van der Waals surface area (Å²) in [5, 5.41) is 38.2. The normalized spacial score (nSPS) is 17.1. The Morgan fingerprint density at radius 3 is 2.39 bits per heavy atom. The molecule has 0 fully saturated rings. The van der Waals surface area contributed by atoms with Gasteiger partial charge in [0.2, 0.25) is 0 Å². The maximum Gasteiger partial charge on any atom is 0.257 e. The van der Waals surface area contributed by atoms with E-state index < -0.39 is 18.1 Å². The van der Waals surface area contributed by atoms with Crippen molar-refractivity contribution in [1.29, 1.82) is 0 Å². The van der Waals surface area contributed by atoms with Crippen LogP contribution in [0.1, 0.15) is 44.7 Å². The van der Waals surface area contributed by atoms with E-state index in [2.05, 4.69) is 5.32 Å². The van der Waals surface area contributed by atoms with Gasteiger partial charge in [0.15, 0.2) is 5.78 Å². The van der Waals surface area contributed by atoms with E-state index in [1.807, 2.05) is 18.2 Å². The number of Topliss-reactive ketones (excluding diaryl/α,β-unsaturated/α-hetero) is 1. The highest BCUT2D eigenvalue weighted by Gasteiger charge is 2.34. The van der Waals surface area contributed by atoms with Crippen LogP contribution in [0.4, 0.5) is 5.69 Å². The van der Waals surface area contributed by atoms with Gasteiger partial charge in [-0.25, -0.2) is 0 Å². The zero-order valence-corrected chi connectivity index (χ0v) is 23.3. The maximum atomic E-state index is 13.8. The van der Waals surface area contributed by atoms with Crippen LogP contribution in [-0.2, 0) is 12.0 Å². The lowest BCUT2D eigenvalue weighted by Crippen LogP contribution is -2.38. The molecule has 0 bridgehead atoms. The van der Waals surface area contributed by atoms with Crippen LogP contribution in [-0.4, -0.2) is 33.6 Å². The molecule has 1 unspecified atom stereocenters. The number of rotatable bonds is 5. The van der Waals surface area contributed by atoms with E-state index in [4.69, 9.17) is 23.2 Å². The van der Waals surface area contributed by atoms with E-state index >= 15 is 0 Å². The number of aromatic hydroxyl groups is 1. The van der Waals surface area contributed by atoms with Crippen LogP contribution in [0, 0.1) is 10.4 Å². The quantitative estimate of drug-likeness (QED) is 0.256. The number of amides is 1. The Balaban J connectivity index is 1.44. The van der Waals surface area contributed by atoms with Crippen molar-refractivity contribution < 1.29 is 24.9 Å². The van der Waals surface area contributed by atoms with E-state index in [0.29, 0.717) is 67.9 Å². The van der Waals surface area contributed by atoms with Crippen molar-refractivity contribution in [3.05, 3.63) is 126 Å². The number of ketones is 1. The van der Waals surface area contributed by atoms with Crippen LogP contribution in [0.3, 0.4) is 0 Å². The summed E-state index contributed by atoms with van der Waals surface area (Å²) in [5.41, 5.74) is 1.21. The second-order valence-electron chi connectivity index (χ2n) is 10.3. The van der Waals surface area contributed by atoms with E-state index in [1.54, 1.807) is 48.5 Å². The number of carbonyl (C=O) groups is 2. The average molecular weight is 586 g/mol. The van der Waals surface area contributed by atoms with Crippen molar-refractivity contribution in [2.24, 2.45) is 0 Å². The van der Waals surface area contributed by atoms with Crippen molar-refractivity contribution >= 4 is 52.2 Å². The molecule has 41 heavy (non-hydrogen) atoms. The van der Waals surface area contributed by atoms with Gasteiger partial charge >= 0.3 is 0 Å². The van der Waals surface area contributed by atoms with Crippen LogP contribution in [0.5, 0.6) is 5.75 Å². The van der Waals surface area contributed by atoms with Crippen molar-refractivity contribution in [3.8, 4) is 5.75 Å². The van der Waals surface area contributed by atoms with Crippen molar-refractivity contribution in [1.82, 2.24) is 0 Å². The molecule has 2 aliphatic rings. The molecule has 1 atom stereocenters.